The summed E-state index contributed by atoms with van der Waals surface area (Å²) in [6, 6.07) is 11.5. The molecule has 1 aromatic carbocycles. The second kappa shape index (κ2) is 7.85. The van der Waals surface area contributed by atoms with Gasteiger partial charge in [-0.2, -0.15) is 0 Å². The highest BCUT2D eigenvalue weighted by atomic mass is 16.5. The molecule has 1 heterocycles. The van der Waals surface area contributed by atoms with Crippen molar-refractivity contribution >= 4 is 12.2 Å². The lowest BCUT2D eigenvalue weighted by Gasteiger charge is -2.05. The van der Waals surface area contributed by atoms with Crippen molar-refractivity contribution in [1.82, 2.24) is 10.3 Å². The largest absolute Gasteiger partial charge is 0.445 e. The van der Waals surface area contributed by atoms with Gasteiger partial charge in [0.2, 0.25) is 0 Å². The van der Waals surface area contributed by atoms with Crippen molar-refractivity contribution in [2.45, 2.75) is 13.5 Å². The van der Waals surface area contributed by atoms with Gasteiger partial charge in [-0.05, 0) is 29.7 Å². The summed E-state index contributed by atoms with van der Waals surface area (Å²) in [5, 5.41) is 2.67. The molecule has 0 unspecified atom stereocenters. The zero-order chi connectivity index (χ0) is 14.9. The van der Waals surface area contributed by atoms with Gasteiger partial charge >= 0.3 is 6.09 Å². The fraction of sp³-hybridized carbons (Fsp3) is 0.176. The van der Waals surface area contributed by atoms with Crippen LogP contribution < -0.4 is 5.32 Å². The Labute approximate surface area is 124 Å². The molecule has 0 atom stereocenters. The van der Waals surface area contributed by atoms with E-state index in [2.05, 4.69) is 10.3 Å². The molecule has 0 aliphatic rings. The van der Waals surface area contributed by atoms with Crippen LogP contribution in [0, 0.1) is 6.92 Å². The van der Waals surface area contributed by atoms with Crippen LogP contribution in [-0.4, -0.2) is 17.6 Å². The summed E-state index contributed by atoms with van der Waals surface area (Å²) in [6.07, 6.45) is 6.92. The molecule has 21 heavy (non-hydrogen) atoms. The molecule has 0 radical (unpaired) electrons. The van der Waals surface area contributed by atoms with Crippen molar-refractivity contribution in [3.63, 3.8) is 0 Å². The topological polar surface area (TPSA) is 51.2 Å². The smallest absolute Gasteiger partial charge is 0.407 e. The number of hydrogen-bond acceptors (Lipinski definition) is 3. The Balaban J connectivity index is 1.71. The SMILES string of the molecule is Cc1ccncc1C=CCNC(=O)OCc1ccccc1. The number of nitrogens with one attached hydrogen (secondary N) is 1. The number of benzene rings is 1. The molecule has 0 fully saturated rings. The Morgan fingerprint density at radius 2 is 2.10 bits per heavy atom. The summed E-state index contributed by atoms with van der Waals surface area (Å²) < 4.78 is 5.11. The number of rotatable bonds is 5. The average molecular weight is 282 g/mol. The zero-order valence-electron chi connectivity index (χ0n) is 12.0. The molecule has 0 saturated heterocycles. The number of aromatic nitrogens is 1. The van der Waals surface area contributed by atoms with E-state index in [9.17, 15) is 4.79 Å². The van der Waals surface area contributed by atoms with E-state index >= 15 is 0 Å². The molecule has 1 amide bonds. The minimum atomic E-state index is -0.425. The van der Waals surface area contributed by atoms with Crippen molar-refractivity contribution in [2.75, 3.05) is 6.54 Å². The molecule has 0 bridgehead atoms. The molecular formula is C17H18N2O2. The monoisotopic (exact) mass is 282 g/mol. The minimum Gasteiger partial charge on any atom is -0.445 e. The van der Waals surface area contributed by atoms with Crippen LogP contribution in [0.25, 0.3) is 6.08 Å². The van der Waals surface area contributed by atoms with E-state index in [0.29, 0.717) is 6.54 Å². The van der Waals surface area contributed by atoms with Crippen molar-refractivity contribution < 1.29 is 9.53 Å². The van der Waals surface area contributed by atoms with Gasteiger partial charge in [-0.1, -0.05) is 42.5 Å². The van der Waals surface area contributed by atoms with Gasteiger partial charge in [0.1, 0.15) is 6.61 Å². The number of carbonyl (C=O) groups excluding carboxylic acids is 1. The van der Waals surface area contributed by atoms with Crippen molar-refractivity contribution in [3.05, 3.63) is 71.6 Å². The molecule has 1 aromatic heterocycles. The Morgan fingerprint density at radius 1 is 1.29 bits per heavy atom. The van der Waals surface area contributed by atoms with Crippen LogP contribution in [0.1, 0.15) is 16.7 Å². The number of alkyl carbamates (subject to hydrolysis) is 1. The molecule has 2 aromatic rings. The zero-order valence-corrected chi connectivity index (χ0v) is 12.0. The Hall–Kier alpha value is -2.62. The molecule has 4 nitrogen and oxygen atoms in total. The van der Waals surface area contributed by atoms with E-state index in [-0.39, 0.29) is 6.61 Å². The fourth-order valence-electron chi connectivity index (χ4n) is 1.75. The van der Waals surface area contributed by atoms with Crippen LogP contribution in [0.5, 0.6) is 0 Å². The maximum Gasteiger partial charge on any atom is 0.407 e. The van der Waals surface area contributed by atoms with Crippen LogP contribution >= 0.6 is 0 Å². The molecule has 108 valence electrons. The van der Waals surface area contributed by atoms with Crippen LogP contribution in [0.2, 0.25) is 0 Å². The second-order valence-electron chi connectivity index (χ2n) is 4.58. The van der Waals surface area contributed by atoms with Gasteiger partial charge in [0.25, 0.3) is 0 Å². The maximum absolute atomic E-state index is 11.5. The third-order valence-electron chi connectivity index (χ3n) is 2.95. The first-order chi connectivity index (χ1) is 10.3. The van der Waals surface area contributed by atoms with Gasteiger partial charge in [-0.15, -0.1) is 0 Å². The number of amides is 1. The maximum atomic E-state index is 11.5. The molecule has 2 rings (SSSR count). The summed E-state index contributed by atoms with van der Waals surface area (Å²) in [4.78, 5) is 15.6. The Kier molecular flexibility index (Phi) is 5.52. The molecule has 0 aliphatic carbocycles. The number of carbonyl (C=O) groups is 1. The lowest BCUT2D eigenvalue weighted by atomic mass is 10.1. The fourth-order valence-corrected chi connectivity index (χ4v) is 1.75. The summed E-state index contributed by atoms with van der Waals surface area (Å²) in [5.41, 5.74) is 3.15. The lowest BCUT2D eigenvalue weighted by Crippen LogP contribution is -2.24. The molecule has 0 saturated carbocycles. The van der Waals surface area contributed by atoms with Crippen LogP contribution in [0.4, 0.5) is 4.79 Å². The summed E-state index contributed by atoms with van der Waals surface area (Å²) in [5.74, 6) is 0. The van der Waals surface area contributed by atoms with Crippen LogP contribution in [0.15, 0.2) is 54.9 Å². The predicted molar refractivity (Wildman–Crippen MR) is 82.6 cm³/mol. The highest BCUT2D eigenvalue weighted by molar-refractivity contribution is 5.67. The quantitative estimate of drug-likeness (QED) is 0.915. The number of nitrogens with zero attached hydrogens (tertiary/aromatic N) is 1. The molecule has 0 spiro atoms. The Morgan fingerprint density at radius 3 is 2.86 bits per heavy atom. The normalized spacial score (nSPS) is 10.5. The number of ether oxygens (including phenoxy) is 1. The van der Waals surface area contributed by atoms with E-state index in [4.69, 9.17) is 4.74 Å². The minimum absolute atomic E-state index is 0.276. The Bertz CT molecular complexity index is 609. The molecule has 0 aliphatic heterocycles. The van der Waals surface area contributed by atoms with Gasteiger partial charge in [-0.25, -0.2) is 4.79 Å². The summed E-state index contributed by atoms with van der Waals surface area (Å²) in [6.45, 7) is 2.71. The lowest BCUT2D eigenvalue weighted by molar-refractivity contribution is 0.141. The van der Waals surface area contributed by atoms with Gasteiger partial charge in [0, 0.05) is 18.9 Å². The van der Waals surface area contributed by atoms with E-state index in [0.717, 1.165) is 16.7 Å². The van der Waals surface area contributed by atoms with E-state index < -0.39 is 6.09 Å². The average Bonchev–Trinajstić information content (AvgIpc) is 2.52. The van der Waals surface area contributed by atoms with Crippen molar-refractivity contribution in [2.24, 2.45) is 0 Å². The number of pyridine rings is 1. The van der Waals surface area contributed by atoms with Gasteiger partial charge in [0.05, 0.1) is 0 Å². The first-order valence-electron chi connectivity index (χ1n) is 6.77. The van der Waals surface area contributed by atoms with Crippen molar-refractivity contribution in [3.8, 4) is 0 Å². The van der Waals surface area contributed by atoms with E-state index in [1.807, 2.05) is 55.5 Å². The number of hydrogen-bond donors (Lipinski definition) is 1. The van der Waals surface area contributed by atoms with E-state index in [1.54, 1.807) is 12.4 Å². The van der Waals surface area contributed by atoms with Gasteiger partial charge in [-0.3, -0.25) is 4.98 Å². The first kappa shape index (κ1) is 14.8. The van der Waals surface area contributed by atoms with Crippen LogP contribution in [-0.2, 0) is 11.3 Å². The summed E-state index contributed by atoms with van der Waals surface area (Å²) in [7, 11) is 0. The first-order valence-corrected chi connectivity index (χ1v) is 6.77. The predicted octanol–water partition coefficient (Wildman–Crippen LogP) is 3.33. The highest BCUT2D eigenvalue weighted by Gasteiger charge is 2.00. The van der Waals surface area contributed by atoms with E-state index in [1.165, 1.54) is 0 Å². The summed E-state index contributed by atoms with van der Waals surface area (Å²) >= 11 is 0. The third-order valence-corrected chi connectivity index (χ3v) is 2.95. The standard InChI is InChI=1S/C17H18N2O2/c1-14-9-11-18-12-16(14)8-5-10-19-17(20)21-13-15-6-3-2-4-7-15/h2-9,11-12H,10,13H2,1H3,(H,19,20). The second-order valence-corrected chi connectivity index (χ2v) is 4.58. The molecular weight excluding hydrogens is 264 g/mol. The molecule has 4 heteroatoms. The van der Waals surface area contributed by atoms with Gasteiger partial charge in [0.15, 0.2) is 0 Å². The third kappa shape index (κ3) is 5.10. The highest BCUT2D eigenvalue weighted by Crippen LogP contribution is 2.06. The molecule has 1 N–H and O–H groups in total. The van der Waals surface area contributed by atoms with Gasteiger partial charge < -0.3 is 10.1 Å². The van der Waals surface area contributed by atoms with Crippen LogP contribution in [0.3, 0.4) is 0 Å². The number of aryl methyl sites for hydroxylation is 1. The van der Waals surface area contributed by atoms with Crippen molar-refractivity contribution in [1.29, 1.82) is 0 Å².